The first-order valence-corrected chi connectivity index (χ1v) is 5.57. The summed E-state index contributed by atoms with van der Waals surface area (Å²) in [7, 11) is 0. The normalized spacial score (nSPS) is 12.4. The van der Waals surface area contributed by atoms with Crippen molar-refractivity contribution in [1.29, 1.82) is 0 Å². The minimum Gasteiger partial charge on any atom is -0.508 e. The third-order valence-electron chi connectivity index (χ3n) is 1.93. The Morgan fingerprint density at radius 3 is 1.47 bits per heavy atom. The molecule has 0 unspecified atom stereocenters. The van der Waals surface area contributed by atoms with Crippen LogP contribution in [0.4, 0.5) is 0 Å². The van der Waals surface area contributed by atoms with Crippen LogP contribution in [0, 0.1) is 12.2 Å². The number of aromatic hydroxyl groups is 1. The van der Waals surface area contributed by atoms with Gasteiger partial charge in [-0.25, -0.2) is 24.3 Å². The van der Waals surface area contributed by atoms with Crippen LogP contribution in [0.15, 0.2) is 66.8 Å². The molecule has 3 rings (SSSR count). The topological polar surface area (TPSA) is 20.2 Å². The number of rotatable bonds is 0. The Kier molecular flexibility index (Phi) is 16.4. The van der Waals surface area contributed by atoms with E-state index in [0.717, 1.165) is 12.8 Å². The summed E-state index contributed by atoms with van der Waals surface area (Å²) in [5.74, 6) is 0.322. The van der Waals surface area contributed by atoms with Gasteiger partial charge in [0.2, 0.25) is 0 Å². The summed E-state index contributed by atoms with van der Waals surface area (Å²) in [6, 6.07) is 8.71. The summed E-state index contributed by atoms with van der Waals surface area (Å²) in [5, 5.41) is 8.63. The molecule has 2 aliphatic rings. The summed E-state index contributed by atoms with van der Waals surface area (Å²) < 4.78 is 0. The fraction of sp³-hybridized carbons (Fsp3) is 0.125. The molecule has 0 fully saturated rings. The van der Waals surface area contributed by atoms with E-state index in [-0.39, 0.29) is 38.3 Å². The molecule has 3 heteroatoms. The summed E-state index contributed by atoms with van der Waals surface area (Å²) in [4.78, 5) is 0. The summed E-state index contributed by atoms with van der Waals surface area (Å²) in [6.07, 6.45) is 20.0. The molecule has 1 aromatic carbocycles. The van der Waals surface area contributed by atoms with Crippen molar-refractivity contribution in [2.45, 2.75) is 12.8 Å². The van der Waals surface area contributed by atoms with Gasteiger partial charge in [-0.3, -0.25) is 12.2 Å². The second-order valence-corrected chi connectivity index (χ2v) is 3.34. The van der Waals surface area contributed by atoms with Gasteiger partial charge in [0, 0.05) is 25.8 Å². The molecule has 0 aromatic heterocycles. The Bertz CT molecular complexity index is 366. The van der Waals surface area contributed by atoms with Crippen molar-refractivity contribution in [3.8, 4) is 5.75 Å². The molecule has 100 valence electrons. The van der Waals surface area contributed by atoms with E-state index in [2.05, 4.69) is 24.3 Å². The molecule has 0 saturated carbocycles. The average Bonchev–Trinajstić information content (AvgIpc) is 3.09. The van der Waals surface area contributed by atoms with Gasteiger partial charge < -0.3 is 5.11 Å². The molecule has 2 aliphatic carbocycles. The van der Waals surface area contributed by atoms with E-state index in [0.29, 0.717) is 5.75 Å². The van der Waals surface area contributed by atoms with Crippen molar-refractivity contribution in [1.82, 2.24) is 0 Å². The maximum absolute atomic E-state index is 8.63. The zero-order chi connectivity index (χ0) is 12.2. The summed E-state index contributed by atoms with van der Waals surface area (Å²) >= 11 is 0. The molecule has 0 bridgehead atoms. The first-order chi connectivity index (χ1) is 8.39. The van der Waals surface area contributed by atoms with Gasteiger partial charge in [-0.1, -0.05) is 18.2 Å². The first-order valence-electron chi connectivity index (χ1n) is 5.57. The summed E-state index contributed by atoms with van der Waals surface area (Å²) in [6.45, 7) is 0. The number of phenolic OH excluding ortho intramolecular Hbond substituents is 1. The average molecular weight is 439 g/mol. The van der Waals surface area contributed by atoms with Gasteiger partial charge in [-0.2, -0.15) is 12.2 Å². The Balaban J connectivity index is 0. The van der Waals surface area contributed by atoms with Crippen LogP contribution in [-0.2, 0) is 25.8 Å². The van der Waals surface area contributed by atoms with Crippen molar-refractivity contribution >= 4 is 12.4 Å². The molecule has 1 aromatic rings. The molecule has 0 spiro atoms. The molecule has 0 radical (unpaired) electrons. The third-order valence-corrected chi connectivity index (χ3v) is 1.93. The van der Waals surface area contributed by atoms with Crippen LogP contribution in [0.25, 0.3) is 0 Å². The predicted octanol–water partition coefficient (Wildman–Crippen LogP) is 4.42. The van der Waals surface area contributed by atoms with Crippen molar-refractivity contribution < 1.29 is 30.9 Å². The van der Waals surface area contributed by atoms with Crippen LogP contribution in [0.1, 0.15) is 12.8 Å². The van der Waals surface area contributed by atoms with Gasteiger partial charge in [0.1, 0.15) is 5.75 Å². The molecule has 0 heterocycles. The van der Waals surface area contributed by atoms with Crippen molar-refractivity contribution in [3.05, 3.63) is 78.9 Å². The SMILES string of the molecule is Cl.Oc1ccccc1.[C-]1=CC=CC1.[C-]1=CC=CC1.[Hf]. The van der Waals surface area contributed by atoms with Crippen molar-refractivity contribution in [2.24, 2.45) is 0 Å². The van der Waals surface area contributed by atoms with Crippen LogP contribution in [0.2, 0.25) is 0 Å². The summed E-state index contributed by atoms with van der Waals surface area (Å²) in [5.41, 5.74) is 0. The number of para-hydroxylation sites is 1. The smallest absolute Gasteiger partial charge is 0.115 e. The molecule has 0 aliphatic heterocycles. The maximum atomic E-state index is 8.63. The largest absolute Gasteiger partial charge is 0.508 e. The van der Waals surface area contributed by atoms with Crippen molar-refractivity contribution in [2.75, 3.05) is 0 Å². The van der Waals surface area contributed by atoms with E-state index in [9.17, 15) is 0 Å². The van der Waals surface area contributed by atoms with Crippen LogP contribution >= 0.6 is 12.4 Å². The molecule has 0 amide bonds. The van der Waals surface area contributed by atoms with E-state index >= 15 is 0 Å². The second-order valence-electron chi connectivity index (χ2n) is 3.34. The van der Waals surface area contributed by atoms with E-state index in [1.807, 2.05) is 30.4 Å². The minimum atomic E-state index is 0. The van der Waals surface area contributed by atoms with Gasteiger partial charge >= 0.3 is 0 Å². The Morgan fingerprint density at radius 1 is 0.842 bits per heavy atom. The van der Waals surface area contributed by atoms with E-state index in [4.69, 9.17) is 5.11 Å². The predicted molar refractivity (Wildman–Crippen MR) is 78.5 cm³/mol. The number of allylic oxidation sites excluding steroid dienone is 8. The number of hydrogen-bond acceptors (Lipinski definition) is 1. The monoisotopic (exact) mass is 440 g/mol. The third kappa shape index (κ3) is 13.4. The van der Waals surface area contributed by atoms with Gasteiger partial charge in [-0.05, 0) is 12.1 Å². The molecule has 0 saturated heterocycles. The van der Waals surface area contributed by atoms with E-state index in [1.54, 1.807) is 24.3 Å². The quantitative estimate of drug-likeness (QED) is 0.469. The van der Waals surface area contributed by atoms with E-state index < -0.39 is 0 Å². The number of hydrogen-bond donors (Lipinski definition) is 1. The molecule has 0 atom stereocenters. The standard InChI is InChI=1S/C6H6O.2C5H5.ClH.Hf/c7-6-4-2-1-3-5-6;2*1-2-4-5-3-1;;/h1-5,7H;2*1-3H,4H2;1H;/q;2*-1;;. The van der Waals surface area contributed by atoms with Gasteiger partial charge in [0.05, 0.1) is 0 Å². The number of phenols is 1. The molecular weight excluding hydrogens is 422 g/mol. The fourth-order valence-electron chi connectivity index (χ4n) is 1.11. The fourth-order valence-corrected chi connectivity index (χ4v) is 1.11. The van der Waals surface area contributed by atoms with Crippen LogP contribution in [0.5, 0.6) is 5.75 Å². The van der Waals surface area contributed by atoms with E-state index in [1.165, 1.54) is 0 Å². The van der Waals surface area contributed by atoms with Gasteiger partial charge in [0.25, 0.3) is 0 Å². The number of halogens is 1. The van der Waals surface area contributed by atoms with Crippen molar-refractivity contribution in [3.63, 3.8) is 0 Å². The molecule has 1 N–H and O–H groups in total. The Hall–Kier alpha value is -0.860. The Morgan fingerprint density at radius 2 is 1.32 bits per heavy atom. The van der Waals surface area contributed by atoms with Gasteiger partial charge in [-0.15, -0.1) is 25.2 Å². The second kappa shape index (κ2) is 15.2. The number of benzene rings is 1. The zero-order valence-electron chi connectivity index (χ0n) is 10.6. The van der Waals surface area contributed by atoms with Crippen LogP contribution in [0.3, 0.4) is 0 Å². The first kappa shape index (κ1) is 20.5. The molecular formula is C16H17ClHfO-2. The maximum Gasteiger partial charge on any atom is 0.115 e. The molecule has 19 heavy (non-hydrogen) atoms. The van der Waals surface area contributed by atoms with Crippen LogP contribution < -0.4 is 0 Å². The van der Waals surface area contributed by atoms with Crippen LogP contribution in [-0.4, -0.2) is 5.11 Å². The van der Waals surface area contributed by atoms with Gasteiger partial charge in [0.15, 0.2) is 0 Å². The molecule has 1 nitrogen and oxygen atoms in total. The zero-order valence-corrected chi connectivity index (χ0v) is 15.0. The Labute approximate surface area is 140 Å². The minimum absolute atomic E-state index is 0.